The Hall–Kier alpha value is -1.46. The summed E-state index contributed by atoms with van der Waals surface area (Å²) in [4.78, 5) is 14.1. The van der Waals surface area contributed by atoms with Crippen LogP contribution in [0.3, 0.4) is 0 Å². The second kappa shape index (κ2) is 5.67. The first-order valence-corrected chi connectivity index (χ1v) is 6.88. The van der Waals surface area contributed by atoms with Crippen LogP contribution < -0.4 is 0 Å². The van der Waals surface area contributed by atoms with Crippen molar-refractivity contribution in [1.82, 2.24) is 4.90 Å². The normalized spacial score (nSPS) is 17.4. The van der Waals surface area contributed by atoms with E-state index in [-0.39, 0.29) is 11.7 Å². The zero-order chi connectivity index (χ0) is 14.0. The number of aryl methyl sites for hydroxylation is 1. The van der Waals surface area contributed by atoms with E-state index in [0.717, 1.165) is 5.56 Å². The summed E-state index contributed by atoms with van der Waals surface area (Å²) in [6.07, 6.45) is 3.37. The van der Waals surface area contributed by atoms with Crippen molar-refractivity contribution in [1.29, 1.82) is 0 Å². The standard InChI is InChI=1S/C14H12FNOS2/c1-3-6-16-13(17)12(19-14(16)18)8-10-4-5-11(15)9(2)7-10/h3-5,7-8H,1,6H2,2H3/b12-8-. The molecule has 1 heterocycles. The minimum Gasteiger partial charge on any atom is -0.289 e. The Morgan fingerprint density at radius 2 is 2.26 bits per heavy atom. The predicted octanol–water partition coefficient (Wildman–Crippen LogP) is 3.52. The SMILES string of the molecule is C=CCN1C(=O)/C(=C/c2ccc(F)c(C)c2)SC1=S. The molecule has 1 amide bonds. The number of nitrogens with zero attached hydrogens (tertiary/aromatic N) is 1. The maximum Gasteiger partial charge on any atom is 0.266 e. The zero-order valence-electron chi connectivity index (χ0n) is 10.4. The Morgan fingerprint density at radius 3 is 2.89 bits per heavy atom. The van der Waals surface area contributed by atoms with E-state index in [9.17, 15) is 9.18 Å². The average Bonchev–Trinajstić information content (AvgIpc) is 2.62. The highest BCUT2D eigenvalue weighted by Gasteiger charge is 2.30. The van der Waals surface area contributed by atoms with Gasteiger partial charge in [0.15, 0.2) is 0 Å². The third-order valence-electron chi connectivity index (χ3n) is 2.67. The molecule has 1 aromatic carbocycles. The second-order valence-corrected chi connectivity index (χ2v) is 5.77. The van der Waals surface area contributed by atoms with E-state index in [1.807, 2.05) is 0 Å². The molecule has 0 bridgehead atoms. The molecule has 1 aromatic rings. The van der Waals surface area contributed by atoms with Crippen LogP contribution in [0.15, 0.2) is 35.8 Å². The lowest BCUT2D eigenvalue weighted by Gasteiger charge is -2.10. The molecule has 1 saturated heterocycles. The molecule has 19 heavy (non-hydrogen) atoms. The van der Waals surface area contributed by atoms with Crippen LogP contribution in [0.5, 0.6) is 0 Å². The van der Waals surface area contributed by atoms with Gasteiger partial charge in [0, 0.05) is 6.54 Å². The first kappa shape index (κ1) is 14.0. The molecule has 5 heteroatoms. The Kier molecular flexibility index (Phi) is 4.17. The largest absolute Gasteiger partial charge is 0.289 e. The van der Waals surface area contributed by atoms with Crippen LogP contribution in [0, 0.1) is 12.7 Å². The molecule has 0 unspecified atom stereocenters. The first-order chi connectivity index (χ1) is 9.02. The summed E-state index contributed by atoms with van der Waals surface area (Å²) in [5.41, 5.74) is 1.34. The first-order valence-electron chi connectivity index (χ1n) is 5.65. The highest BCUT2D eigenvalue weighted by atomic mass is 32.2. The van der Waals surface area contributed by atoms with Crippen LogP contribution in [0.1, 0.15) is 11.1 Å². The van der Waals surface area contributed by atoms with E-state index in [1.165, 1.54) is 22.7 Å². The molecule has 0 N–H and O–H groups in total. The molecule has 1 fully saturated rings. The van der Waals surface area contributed by atoms with Crippen molar-refractivity contribution < 1.29 is 9.18 Å². The van der Waals surface area contributed by atoms with Crippen LogP contribution in [-0.4, -0.2) is 21.7 Å². The van der Waals surface area contributed by atoms with Gasteiger partial charge in [-0.1, -0.05) is 36.1 Å². The van der Waals surface area contributed by atoms with Crippen molar-refractivity contribution in [2.24, 2.45) is 0 Å². The number of hydrogen-bond donors (Lipinski definition) is 0. The van der Waals surface area contributed by atoms with Crippen molar-refractivity contribution in [3.05, 3.63) is 52.7 Å². The molecule has 2 nitrogen and oxygen atoms in total. The Bertz CT molecular complexity index is 595. The van der Waals surface area contributed by atoms with Gasteiger partial charge in [0.25, 0.3) is 5.91 Å². The average molecular weight is 293 g/mol. The lowest BCUT2D eigenvalue weighted by atomic mass is 10.1. The number of hydrogen-bond acceptors (Lipinski definition) is 3. The van der Waals surface area contributed by atoms with Gasteiger partial charge in [0.1, 0.15) is 10.1 Å². The van der Waals surface area contributed by atoms with E-state index in [1.54, 1.807) is 31.2 Å². The summed E-state index contributed by atoms with van der Waals surface area (Å²) >= 11 is 6.40. The highest BCUT2D eigenvalue weighted by molar-refractivity contribution is 8.26. The monoisotopic (exact) mass is 293 g/mol. The van der Waals surface area contributed by atoms with Crippen molar-refractivity contribution in [2.45, 2.75) is 6.92 Å². The molecule has 0 spiro atoms. The van der Waals surface area contributed by atoms with Gasteiger partial charge >= 0.3 is 0 Å². The highest BCUT2D eigenvalue weighted by Crippen LogP contribution is 2.32. The fourth-order valence-corrected chi connectivity index (χ4v) is 2.97. The van der Waals surface area contributed by atoms with Crippen molar-refractivity contribution in [2.75, 3.05) is 6.54 Å². The number of carbonyl (C=O) groups is 1. The van der Waals surface area contributed by atoms with E-state index in [0.29, 0.717) is 21.3 Å². The number of amides is 1. The van der Waals surface area contributed by atoms with Crippen molar-refractivity contribution >= 4 is 40.3 Å². The van der Waals surface area contributed by atoms with Gasteiger partial charge in [-0.25, -0.2) is 4.39 Å². The van der Waals surface area contributed by atoms with Crippen LogP contribution in [0.4, 0.5) is 4.39 Å². The molecule has 2 rings (SSSR count). The molecule has 0 radical (unpaired) electrons. The fourth-order valence-electron chi connectivity index (χ4n) is 1.70. The Labute approximate surface area is 121 Å². The van der Waals surface area contributed by atoms with Crippen LogP contribution in [0.25, 0.3) is 6.08 Å². The van der Waals surface area contributed by atoms with E-state index < -0.39 is 0 Å². The summed E-state index contributed by atoms with van der Waals surface area (Å²) in [5.74, 6) is -0.381. The summed E-state index contributed by atoms with van der Waals surface area (Å²) in [5, 5.41) is 0. The zero-order valence-corrected chi connectivity index (χ0v) is 12.0. The van der Waals surface area contributed by atoms with Gasteiger partial charge < -0.3 is 0 Å². The number of rotatable bonds is 3. The van der Waals surface area contributed by atoms with Gasteiger partial charge in [-0.3, -0.25) is 9.69 Å². The van der Waals surface area contributed by atoms with Crippen LogP contribution in [-0.2, 0) is 4.79 Å². The third-order valence-corrected chi connectivity index (χ3v) is 4.04. The van der Waals surface area contributed by atoms with Crippen LogP contribution >= 0.6 is 24.0 Å². The van der Waals surface area contributed by atoms with Gasteiger partial charge in [0.05, 0.1) is 4.91 Å². The summed E-state index contributed by atoms with van der Waals surface area (Å²) < 4.78 is 13.7. The number of carbonyl (C=O) groups excluding carboxylic acids is 1. The fraction of sp³-hybridized carbons (Fsp3) is 0.143. The quantitative estimate of drug-likeness (QED) is 0.483. The van der Waals surface area contributed by atoms with Gasteiger partial charge in [-0.15, -0.1) is 6.58 Å². The molecular formula is C14H12FNOS2. The second-order valence-electron chi connectivity index (χ2n) is 4.09. The van der Waals surface area contributed by atoms with Gasteiger partial charge in [-0.2, -0.15) is 0 Å². The Balaban J connectivity index is 2.29. The number of thioether (sulfide) groups is 1. The molecule has 1 aliphatic heterocycles. The smallest absolute Gasteiger partial charge is 0.266 e. The van der Waals surface area contributed by atoms with Crippen LogP contribution in [0.2, 0.25) is 0 Å². The maximum absolute atomic E-state index is 13.2. The van der Waals surface area contributed by atoms with E-state index >= 15 is 0 Å². The third kappa shape index (κ3) is 2.93. The molecule has 1 aliphatic rings. The van der Waals surface area contributed by atoms with Crippen molar-refractivity contribution in [3.8, 4) is 0 Å². The Morgan fingerprint density at radius 1 is 1.53 bits per heavy atom. The molecule has 0 aromatic heterocycles. The van der Waals surface area contributed by atoms with Gasteiger partial charge in [-0.05, 0) is 36.3 Å². The molecule has 0 saturated carbocycles. The number of thiocarbonyl (C=S) groups is 1. The van der Waals surface area contributed by atoms with E-state index in [4.69, 9.17) is 12.2 Å². The number of benzene rings is 1. The summed E-state index contributed by atoms with van der Waals surface area (Å²) in [6, 6.07) is 4.74. The maximum atomic E-state index is 13.2. The molecule has 0 aliphatic carbocycles. The van der Waals surface area contributed by atoms with Crippen molar-refractivity contribution in [3.63, 3.8) is 0 Å². The summed E-state index contributed by atoms with van der Waals surface area (Å²) in [6.45, 7) is 5.70. The lowest BCUT2D eigenvalue weighted by molar-refractivity contribution is -0.121. The minimum atomic E-state index is -0.253. The molecule has 0 atom stereocenters. The topological polar surface area (TPSA) is 20.3 Å². The molecular weight excluding hydrogens is 281 g/mol. The van der Waals surface area contributed by atoms with Gasteiger partial charge in [0.2, 0.25) is 0 Å². The van der Waals surface area contributed by atoms with E-state index in [2.05, 4.69) is 6.58 Å². The number of halogens is 1. The summed E-state index contributed by atoms with van der Waals surface area (Å²) in [7, 11) is 0. The minimum absolute atomic E-state index is 0.128. The predicted molar refractivity (Wildman–Crippen MR) is 81.2 cm³/mol. The molecule has 98 valence electrons. The lowest BCUT2D eigenvalue weighted by Crippen LogP contribution is -2.27.